The van der Waals surface area contributed by atoms with E-state index in [2.05, 4.69) is 52.0 Å². The van der Waals surface area contributed by atoms with E-state index in [1.165, 1.54) is 5.56 Å². The van der Waals surface area contributed by atoms with Gasteiger partial charge >= 0.3 is 0 Å². The summed E-state index contributed by atoms with van der Waals surface area (Å²) >= 11 is 0. The lowest BCUT2D eigenvalue weighted by Gasteiger charge is -2.14. The highest BCUT2D eigenvalue weighted by atomic mass is 32.2. The minimum atomic E-state index is -0.820. The monoisotopic (exact) mass is 267 g/mol. The lowest BCUT2D eigenvalue weighted by atomic mass is 10.00. The van der Waals surface area contributed by atoms with E-state index in [1.54, 1.807) is 0 Å². The quantitative estimate of drug-likeness (QED) is 0.860. The molecule has 2 atom stereocenters. The lowest BCUT2D eigenvalue weighted by molar-refractivity contribution is 0.657. The van der Waals surface area contributed by atoms with Gasteiger partial charge in [0.1, 0.15) is 0 Å². The van der Waals surface area contributed by atoms with Crippen LogP contribution in [0.3, 0.4) is 0 Å². The van der Waals surface area contributed by atoms with E-state index in [-0.39, 0.29) is 6.04 Å². The number of rotatable bonds is 6. The van der Waals surface area contributed by atoms with Crippen molar-refractivity contribution >= 4 is 10.8 Å². The SMILES string of the molecule is CC(C)CS(=O)CC(N)c1ccc(C(C)C)cc1. The average molecular weight is 267 g/mol. The van der Waals surface area contributed by atoms with Crippen molar-refractivity contribution in [1.29, 1.82) is 0 Å². The summed E-state index contributed by atoms with van der Waals surface area (Å²) in [5, 5.41) is 0. The third-order valence-corrected chi connectivity index (χ3v) is 4.69. The first kappa shape index (κ1) is 15.4. The first-order chi connectivity index (χ1) is 8.40. The number of hydrogen-bond acceptors (Lipinski definition) is 2. The first-order valence-corrected chi connectivity index (χ1v) is 8.09. The smallest absolute Gasteiger partial charge is 0.0428 e. The molecule has 0 saturated heterocycles. The highest BCUT2D eigenvalue weighted by Gasteiger charge is 2.12. The van der Waals surface area contributed by atoms with Crippen LogP contribution in [0.5, 0.6) is 0 Å². The van der Waals surface area contributed by atoms with Crippen LogP contribution < -0.4 is 5.73 Å². The van der Waals surface area contributed by atoms with Crippen LogP contribution in [0.4, 0.5) is 0 Å². The zero-order valence-corrected chi connectivity index (χ0v) is 12.7. The van der Waals surface area contributed by atoms with Crippen LogP contribution in [0, 0.1) is 5.92 Å². The van der Waals surface area contributed by atoms with Gasteiger partial charge in [0.2, 0.25) is 0 Å². The van der Waals surface area contributed by atoms with E-state index >= 15 is 0 Å². The first-order valence-electron chi connectivity index (χ1n) is 6.60. The Morgan fingerprint density at radius 2 is 1.50 bits per heavy atom. The van der Waals surface area contributed by atoms with Gasteiger partial charge in [0.15, 0.2) is 0 Å². The molecule has 2 N–H and O–H groups in total. The molecule has 1 aromatic rings. The van der Waals surface area contributed by atoms with Crippen LogP contribution in [-0.2, 0) is 10.8 Å². The molecule has 1 rings (SSSR count). The summed E-state index contributed by atoms with van der Waals surface area (Å²) in [6, 6.07) is 8.24. The van der Waals surface area contributed by atoms with Crippen molar-refractivity contribution in [2.75, 3.05) is 11.5 Å². The molecule has 3 heteroatoms. The Balaban J connectivity index is 2.61. The molecule has 0 aliphatic rings. The maximum absolute atomic E-state index is 11.8. The molecule has 2 nitrogen and oxygen atoms in total. The summed E-state index contributed by atoms with van der Waals surface area (Å²) in [4.78, 5) is 0. The molecule has 0 radical (unpaired) electrons. The summed E-state index contributed by atoms with van der Waals surface area (Å²) in [5.41, 5.74) is 8.50. The molecule has 0 bridgehead atoms. The van der Waals surface area contributed by atoms with Crippen molar-refractivity contribution < 1.29 is 4.21 Å². The van der Waals surface area contributed by atoms with Gasteiger partial charge in [-0.3, -0.25) is 4.21 Å². The van der Waals surface area contributed by atoms with Gasteiger partial charge in [0.05, 0.1) is 0 Å². The minimum Gasteiger partial charge on any atom is -0.323 e. The highest BCUT2D eigenvalue weighted by molar-refractivity contribution is 7.85. The summed E-state index contributed by atoms with van der Waals surface area (Å²) in [7, 11) is -0.820. The van der Waals surface area contributed by atoms with Crippen LogP contribution in [-0.4, -0.2) is 15.7 Å². The van der Waals surface area contributed by atoms with Gasteiger partial charge in [-0.05, 0) is 23.0 Å². The molecule has 0 spiro atoms. The maximum atomic E-state index is 11.8. The second-order valence-corrected chi connectivity index (χ2v) is 7.14. The largest absolute Gasteiger partial charge is 0.323 e. The van der Waals surface area contributed by atoms with Gasteiger partial charge in [-0.2, -0.15) is 0 Å². The van der Waals surface area contributed by atoms with Gasteiger partial charge in [0.25, 0.3) is 0 Å². The fourth-order valence-corrected chi connectivity index (χ4v) is 3.34. The van der Waals surface area contributed by atoms with Crippen LogP contribution in [0.25, 0.3) is 0 Å². The Bertz CT molecular complexity index is 384. The summed E-state index contributed by atoms with van der Waals surface area (Å²) in [6.45, 7) is 8.51. The minimum absolute atomic E-state index is 0.120. The van der Waals surface area contributed by atoms with E-state index in [0.29, 0.717) is 17.6 Å². The van der Waals surface area contributed by atoms with Gasteiger partial charge in [-0.1, -0.05) is 52.0 Å². The Labute approximate surface area is 113 Å². The summed E-state index contributed by atoms with van der Waals surface area (Å²) in [6.07, 6.45) is 0. The molecule has 102 valence electrons. The average Bonchev–Trinajstić information content (AvgIpc) is 2.27. The van der Waals surface area contributed by atoms with E-state index < -0.39 is 10.8 Å². The summed E-state index contributed by atoms with van der Waals surface area (Å²) in [5.74, 6) is 2.28. The summed E-state index contributed by atoms with van der Waals surface area (Å²) < 4.78 is 11.8. The van der Waals surface area contributed by atoms with Crippen molar-refractivity contribution in [1.82, 2.24) is 0 Å². The normalized spacial score (nSPS) is 15.1. The third kappa shape index (κ3) is 4.91. The molecule has 0 aromatic heterocycles. The standard InChI is InChI=1S/C15H25NOS/c1-11(2)9-18(17)10-15(16)14-7-5-13(6-8-14)12(3)4/h5-8,11-12,15H,9-10,16H2,1-4H3. The fraction of sp³-hybridized carbons (Fsp3) is 0.600. The van der Waals surface area contributed by atoms with Crippen molar-refractivity contribution in [2.45, 2.75) is 39.7 Å². The third-order valence-electron chi connectivity index (χ3n) is 2.92. The van der Waals surface area contributed by atoms with Crippen LogP contribution in [0.1, 0.15) is 50.8 Å². The van der Waals surface area contributed by atoms with Crippen LogP contribution in [0.2, 0.25) is 0 Å². The Kier molecular flexibility index (Phi) is 6.03. The van der Waals surface area contributed by atoms with Crippen molar-refractivity contribution in [3.63, 3.8) is 0 Å². The lowest BCUT2D eigenvalue weighted by Crippen LogP contribution is -2.21. The van der Waals surface area contributed by atoms with E-state index in [9.17, 15) is 4.21 Å². The highest BCUT2D eigenvalue weighted by Crippen LogP contribution is 2.18. The Hall–Kier alpha value is -0.670. The molecule has 0 aliphatic carbocycles. The Morgan fingerprint density at radius 1 is 1.00 bits per heavy atom. The zero-order chi connectivity index (χ0) is 13.7. The van der Waals surface area contributed by atoms with Gasteiger partial charge in [0, 0.05) is 28.3 Å². The van der Waals surface area contributed by atoms with Gasteiger partial charge in [-0.25, -0.2) is 0 Å². The molecule has 18 heavy (non-hydrogen) atoms. The fourth-order valence-electron chi connectivity index (χ4n) is 1.86. The molecule has 2 unspecified atom stereocenters. The maximum Gasteiger partial charge on any atom is 0.0428 e. The number of nitrogens with two attached hydrogens (primary N) is 1. The Morgan fingerprint density at radius 3 is 1.94 bits per heavy atom. The molecular weight excluding hydrogens is 242 g/mol. The predicted molar refractivity (Wildman–Crippen MR) is 80.2 cm³/mol. The van der Waals surface area contributed by atoms with E-state index in [4.69, 9.17) is 5.73 Å². The molecule has 0 heterocycles. The second-order valence-electron chi connectivity index (χ2n) is 5.59. The zero-order valence-electron chi connectivity index (χ0n) is 11.8. The van der Waals surface area contributed by atoms with E-state index in [1.807, 2.05) is 0 Å². The predicted octanol–water partition coefficient (Wildman–Crippen LogP) is 3.21. The molecule has 0 saturated carbocycles. The van der Waals surface area contributed by atoms with Gasteiger partial charge < -0.3 is 5.73 Å². The molecule has 0 fully saturated rings. The molecule has 1 aromatic carbocycles. The van der Waals surface area contributed by atoms with E-state index in [0.717, 1.165) is 11.3 Å². The van der Waals surface area contributed by atoms with Crippen LogP contribution in [0.15, 0.2) is 24.3 Å². The number of hydrogen-bond donors (Lipinski definition) is 1. The molecular formula is C15H25NOS. The number of benzene rings is 1. The molecule has 0 aliphatic heterocycles. The molecule has 0 amide bonds. The van der Waals surface area contributed by atoms with Gasteiger partial charge in [-0.15, -0.1) is 0 Å². The van der Waals surface area contributed by atoms with Crippen LogP contribution >= 0.6 is 0 Å². The van der Waals surface area contributed by atoms with Crippen molar-refractivity contribution in [3.05, 3.63) is 35.4 Å². The second kappa shape index (κ2) is 7.05. The van der Waals surface area contributed by atoms with Crippen molar-refractivity contribution in [3.8, 4) is 0 Å². The van der Waals surface area contributed by atoms with Crippen molar-refractivity contribution in [2.24, 2.45) is 11.7 Å². The topological polar surface area (TPSA) is 43.1 Å².